The molecule has 1 heterocycles. The molecule has 5 heteroatoms. The lowest BCUT2D eigenvalue weighted by molar-refractivity contribution is 0.101. The van der Waals surface area contributed by atoms with Crippen LogP contribution in [-0.4, -0.2) is 21.7 Å². The maximum Gasteiger partial charge on any atom is 0.276 e. The monoisotopic (exact) mass is 305 g/mol. The van der Waals surface area contributed by atoms with Crippen molar-refractivity contribution in [3.05, 3.63) is 65.5 Å². The fourth-order valence-corrected chi connectivity index (χ4v) is 2.28. The zero-order chi connectivity index (χ0) is 16.4. The van der Waals surface area contributed by atoms with Crippen LogP contribution >= 0.6 is 0 Å². The number of nitrogens with one attached hydrogen (secondary N) is 1. The number of para-hydroxylation sites is 2. The van der Waals surface area contributed by atoms with Crippen LogP contribution in [-0.2, 0) is 0 Å². The summed E-state index contributed by atoms with van der Waals surface area (Å²) in [5, 5.41) is 2.78. The number of carbonyl (C=O) groups excluding carboxylic acids is 2. The first-order valence-corrected chi connectivity index (χ1v) is 7.20. The van der Waals surface area contributed by atoms with E-state index in [1.807, 2.05) is 24.3 Å². The van der Waals surface area contributed by atoms with Gasteiger partial charge in [-0.3, -0.25) is 9.59 Å². The van der Waals surface area contributed by atoms with Crippen LogP contribution in [0.5, 0.6) is 0 Å². The Morgan fingerprint density at radius 2 is 1.52 bits per heavy atom. The molecule has 0 saturated heterocycles. The van der Waals surface area contributed by atoms with Gasteiger partial charge in [-0.05, 0) is 50.2 Å². The average Bonchev–Trinajstić information content (AvgIpc) is 2.54. The van der Waals surface area contributed by atoms with Gasteiger partial charge in [0.2, 0.25) is 0 Å². The van der Waals surface area contributed by atoms with Gasteiger partial charge in [0.1, 0.15) is 5.69 Å². The second kappa shape index (κ2) is 5.96. The van der Waals surface area contributed by atoms with Crippen molar-refractivity contribution in [1.82, 2.24) is 9.97 Å². The van der Waals surface area contributed by atoms with Crippen molar-refractivity contribution in [1.29, 1.82) is 0 Å². The van der Waals surface area contributed by atoms with Crippen LogP contribution < -0.4 is 5.32 Å². The Hall–Kier alpha value is -3.08. The highest BCUT2D eigenvalue weighted by atomic mass is 16.2. The highest BCUT2D eigenvalue weighted by Crippen LogP contribution is 2.15. The topological polar surface area (TPSA) is 72.0 Å². The number of ketones is 1. The third-order valence-corrected chi connectivity index (χ3v) is 3.51. The molecule has 1 N–H and O–H groups in total. The highest BCUT2D eigenvalue weighted by molar-refractivity contribution is 6.04. The van der Waals surface area contributed by atoms with E-state index in [2.05, 4.69) is 15.3 Å². The minimum Gasteiger partial charge on any atom is -0.321 e. The molecular formula is C18H15N3O2. The number of rotatable bonds is 3. The van der Waals surface area contributed by atoms with E-state index in [1.165, 1.54) is 6.92 Å². The van der Waals surface area contributed by atoms with E-state index in [9.17, 15) is 9.59 Å². The average molecular weight is 305 g/mol. The lowest BCUT2D eigenvalue weighted by Gasteiger charge is -2.08. The first-order valence-electron chi connectivity index (χ1n) is 7.20. The molecule has 0 aliphatic rings. The Balaban J connectivity index is 1.88. The molecule has 0 atom stereocenters. The van der Waals surface area contributed by atoms with Crippen LogP contribution in [0.25, 0.3) is 11.0 Å². The number of hydrogen-bond acceptors (Lipinski definition) is 4. The fraction of sp³-hybridized carbons (Fsp3) is 0.111. The van der Waals surface area contributed by atoms with Crippen molar-refractivity contribution in [2.24, 2.45) is 0 Å². The van der Waals surface area contributed by atoms with Gasteiger partial charge in [0.15, 0.2) is 5.78 Å². The molecule has 0 radical (unpaired) electrons. The molecule has 0 saturated carbocycles. The van der Waals surface area contributed by atoms with Crippen LogP contribution in [0.1, 0.15) is 33.5 Å². The van der Waals surface area contributed by atoms with E-state index in [0.29, 0.717) is 28.2 Å². The molecule has 3 rings (SSSR count). The van der Waals surface area contributed by atoms with Crippen molar-refractivity contribution in [3.63, 3.8) is 0 Å². The molecule has 3 aromatic rings. The largest absolute Gasteiger partial charge is 0.321 e. The van der Waals surface area contributed by atoms with E-state index in [4.69, 9.17) is 0 Å². The number of fused-ring (bicyclic) bond motifs is 1. The lowest BCUT2D eigenvalue weighted by Crippen LogP contribution is -2.16. The van der Waals surface area contributed by atoms with E-state index in [1.54, 1.807) is 31.2 Å². The molecule has 2 aromatic carbocycles. The molecule has 1 amide bonds. The summed E-state index contributed by atoms with van der Waals surface area (Å²) in [6.45, 7) is 3.26. The van der Waals surface area contributed by atoms with Crippen LogP contribution in [0, 0.1) is 6.92 Å². The lowest BCUT2D eigenvalue weighted by atomic mass is 10.1. The molecule has 114 valence electrons. The summed E-state index contributed by atoms with van der Waals surface area (Å²) in [5.41, 5.74) is 3.50. The van der Waals surface area contributed by atoms with Gasteiger partial charge in [-0.2, -0.15) is 0 Å². The SMILES string of the molecule is CC(=O)c1ccc(NC(=O)c2nc3ccccc3nc2C)cc1. The van der Waals surface area contributed by atoms with E-state index in [0.717, 1.165) is 5.52 Å². The molecule has 23 heavy (non-hydrogen) atoms. The maximum absolute atomic E-state index is 12.4. The molecule has 0 aliphatic heterocycles. The van der Waals surface area contributed by atoms with Gasteiger partial charge in [0.05, 0.1) is 16.7 Å². The predicted molar refractivity (Wildman–Crippen MR) is 88.7 cm³/mol. The van der Waals surface area contributed by atoms with Crippen molar-refractivity contribution in [2.45, 2.75) is 13.8 Å². The summed E-state index contributed by atoms with van der Waals surface area (Å²) in [5.74, 6) is -0.338. The van der Waals surface area contributed by atoms with Gasteiger partial charge in [-0.1, -0.05) is 12.1 Å². The Bertz CT molecular complexity index is 902. The summed E-state index contributed by atoms with van der Waals surface area (Å²) in [4.78, 5) is 32.5. The number of nitrogens with zero attached hydrogens (tertiary/aromatic N) is 2. The Morgan fingerprint density at radius 3 is 2.13 bits per heavy atom. The summed E-state index contributed by atoms with van der Waals surface area (Å²) in [7, 11) is 0. The first-order chi connectivity index (χ1) is 11.0. The summed E-state index contributed by atoms with van der Waals surface area (Å²) >= 11 is 0. The van der Waals surface area contributed by atoms with E-state index in [-0.39, 0.29) is 11.7 Å². The van der Waals surface area contributed by atoms with Gasteiger partial charge in [0, 0.05) is 11.3 Å². The van der Waals surface area contributed by atoms with E-state index < -0.39 is 0 Å². The highest BCUT2D eigenvalue weighted by Gasteiger charge is 2.14. The Morgan fingerprint density at radius 1 is 0.913 bits per heavy atom. The summed E-state index contributed by atoms with van der Waals surface area (Å²) in [6, 6.07) is 14.2. The molecule has 0 spiro atoms. The number of aromatic nitrogens is 2. The van der Waals surface area contributed by atoms with Crippen molar-refractivity contribution < 1.29 is 9.59 Å². The van der Waals surface area contributed by atoms with Crippen molar-refractivity contribution in [2.75, 3.05) is 5.32 Å². The van der Waals surface area contributed by atoms with Crippen LogP contribution in [0.4, 0.5) is 5.69 Å². The molecule has 0 fully saturated rings. The van der Waals surface area contributed by atoms with Crippen LogP contribution in [0.2, 0.25) is 0 Å². The quantitative estimate of drug-likeness (QED) is 0.753. The number of aryl methyl sites for hydroxylation is 1. The van der Waals surface area contributed by atoms with Gasteiger partial charge in [-0.15, -0.1) is 0 Å². The van der Waals surface area contributed by atoms with E-state index >= 15 is 0 Å². The Kier molecular flexibility index (Phi) is 3.85. The van der Waals surface area contributed by atoms with Crippen molar-refractivity contribution in [3.8, 4) is 0 Å². The van der Waals surface area contributed by atoms with Crippen LogP contribution in [0.15, 0.2) is 48.5 Å². The second-order valence-corrected chi connectivity index (χ2v) is 5.23. The van der Waals surface area contributed by atoms with Crippen molar-refractivity contribution >= 4 is 28.4 Å². The molecule has 0 unspecified atom stereocenters. The Labute approximate surface area is 133 Å². The van der Waals surface area contributed by atoms with Crippen LogP contribution in [0.3, 0.4) is 0 Å². The van der Waals surface area contributed by atoms with Gasteiger partial charge in [0.25, 0.3) is 5.91 Å². The number of carbonyl (C=O) groups is 2. The van der Waals surface area contributed by atoms with Gasteiger partial charge < -0.3 is 5.32 Å². The number of Topliss-reactive ketones (excluding diaryl/α,β-unsaturated/α-hetero) is 1. The zero-order valence-corrected chi connectivity index (χ0v) is 12.8. The molecule has 0 aliphatic carbocycles. The third-order valence-electron chi connectivity index (χ3n) is 3.51. The van der Waals surface area contributed by atoms with Gasteiger partial charge >= 0.3 is 0 Å². The van der Waals surface area contributed by atoms with Gasteiger partial charge in [-0.25, -0.2) is 9.97 Å². The fourth-order valence-electron chi connectivity index (χ4n) is 2.28. The minimum absolute atomic E-state index is 0.0147. The molecule has 1 aromatic heterocycles. The zero-order valence-electron chi connectivity index (χ0n) is 12.8. The first kappa shape index (κ1) is 14.8. The molecule has 0 bridgehead atoms. The summed E-state index contributed by atoms with van der Waals surface area (Å²) in [6.07, 6.45) is 0. The summed E-state index contributed by atoms with van der Waals surface area (Å²) < 4.78 is 0. The molecular weight excluding hydrogens is 290 g/mol. The number of anilines is 1. The third kappa shape index (κ3) is 3.08. The molecule has 5 nitrogen and oxygen atoms in total. The predicted octanol–water partition coefficient (Wildman–Crippen LogP) is 3.39. The normalized spacial score (nSPS) is 10.5. The minimum atomic E-state index is -0.323. The number of hydrogen-bond donors (Lipinski definition) is 1. The maximum atomic E-state index is 12.4. The number of amides is 1. The smallest absolute Gasteiger partial charge is 0.276 e. The second-order valence-electron chi connectivity index (χ2n) is 5.23. The number of benzene rings is 2. The standard InChI is InChI=1S/C18H15N3O2/c1-11-17(21-16-6-4-3-5-15(16)19-11)18(23)20-14-9-7-13(8-10-14)12(2)22/h3-10H,1-2H3,(H,20,23).